The Morgan fingerprint density at radius 3 is 2.00 bits per heavy atom. The van der Waals surface area contributed by atoms with E-state index in [1.165, 1.54) is 27.8 Å². The topological polar surface area (TPSA) is 35.2 Å². The minimum atomic E-state index is 0.0283. The molecule has 0 amide bonds. The molecule has 8 rings (SSSR count). The minimum absolute atomic E-state index is 0.0283. The van der Waals surface area contributed by atoms with Gasteiger partial charge in [0.05, 0.1) is 0 Å². The van der Waals surface area contributed by atoms with E-state index >= 15 is 0 Å². The van der Waals surface area contributed by atoms with E-state index in [9.17, 15) is 0 Å². The van der Waals surface area contributed by atoms with Crippen LogP contribution in [0, 0.1) is 3.80 Å². The Morgan fingerprint density at radius 1 is 0.623 bits per heavy atom. The van der Waals surface area contributed by atoms with E-state index in [0.29, 0.717) is 0 Å². The van der Waals surface area contributed by atoms with Gasteiger partial charge in [0.15, 0.2) is 0 Å². The third-order valence-electron chi connectivity index (χ3n) is 10.3. The number of benzene rings is 5. The van der Waals surface area contributed by atoms with Gasteiger partial charge in [-0.2, -0.15) is 0 Å². The van der Waals surface area contributed by atoms with Gasteiger partial charge in [0.2, 0.25) is 0 Å². The molecule has 0 atom stereocenters. The summed E-state index contributed by atoms with van der Waals surface area (Å²) in [6.07, 6.45) is 4.01. The second-order valence-electron chi connectivity index (χ2n) is 16.0. The first-order chi connectivity index (χ1) is 25.5. The molecule has 53 heavy (non-hydrogen) atoms. The predicted octanol–water partition coefficient (Wildman–Crippen LogP) is 12.0. The molecule has 1 aliphatic heterocycles. The Morgan fingerprint density at radius 2 is 1.30 bits per heavy atom. The van der Waals surface area contributed by atoms with Crippen LogP contribution in [0.15, 0.2) is 134 Å². The van der Waals surface area contributed by atoms with Crippen molar-refractivity contribution in [3.63, 3.8) is 0 Å². The van der Waals surface area contributed by atoms with Gasteiger partial charge in [-0.3, -0.25) is 0 Å². The number of anilines is 2. The van der Waals surface area contributed by atoms with Gasteiger partial charge in [-0.05, 0) is 17.0 Å². The van der Waals surface area contributed by atoms with Crippen LogP contribution in [0.5, 0.6) is 11.5 Å². The Balaban J connectivity index is 1.21. The third-order valence-corrected chi connectivity index (χ3v) is 11.3. The van der Waals surface area contributed by atoms with Crippen molar-refractivity contribution in [3.05, 3.63) is 154 Å². The van der Waals surface area contributed by atoms with Crippen molar-refractivity contribution in [1.82, 2.24) is 14.1 Å². The number of para-hydroxylation sites is 2. The molecule has 0 saturated heterocycles. The number of hydrogen-bond donors (Lipinski definition) is 0. The summed E-state index contributed by atoms with van der Waals surface area (Å²) in [7, 11) is 0. The molecule has 0 aliphatic carbocycles. The molecular weight excluding hydrogens is 832 g/mol. The monoisotopic (exact) mass is 877 g/mol. The van der Waals surface area contributed by atoms with Gasteiger partial charge >= 0.3 is 275 Å². The molecule has 7 aromatic rings. The van der Waals surface area contributed by atoms with Crippen LogP contribution in [0.1, 0.15) is 64.7 Å². The second-order valence-corrected chi connectivity index (χ2v) is 17.1. The third kappa shape index (κ3) is 6.84. The van der Waals surface area contributed by atoms with Gasteiger partial charge in [0.1, 0.15) is 0 Å². The predicted molar refractivity (Wildman–Crippen MR) is 215 cm³/mol. The average molecular weight is 878 g/mol. The van der Waals surface area contributed by atoms with Crippen LogP contribution in [0.4, 0.5) is 11.5 Å². The fourth-order valence-electron chi connectivity index (χ4n) is 7.41. The number of pyridine rings is 1. The number of fused-ring (bicyclic) bond motifs is 2. The van der Waals surface area contributed by atoms with Crippen LogP contribution in [0.3, 0.4) is 0 Å². The normalized spacial score (nSPS) is 13.3. The maximum absolute atomic E-state index is 6.85. The number of ether oxygens (including phenoxy) is 1. The van der Waals surface area contributed by atoms with Crippen LogP contribution in [-0.4, -0.2) is 20.7 Å². The molecule has 6 heteroatoms. The van der Waals surface area contributed by atoms with Crippen LogP contribution in [0.2, 0.25) is 0 Å². The van der Waals surface area contributed by atoms with Crippen LogP contribution >= 0.6 is 0 Å². The summed E-state index contributed by atoms with van der Waals surface area (Å²) in [4.78, 5) is 7.27. The zero-order valence-corrected chi connectivity index (χ0v) is 33.6. The van der Waals surface area contributed by atoms with Crippen molar-refractivity contribution < 1.29 is 24.1 Å². The molecule has 0 spiro atoms. The van der Waals surface area contributed by atoms with E-state index in [4.69, 9.17) is 9.72 Å². The zero-order valence-electron chi connectivity index (χ0n) is 31.3. The Hall–Kier alpha value is -4.99. The van der Waals surface area contributed by atoms with Crippen molar-refractivity contribution >= 4 is 22.5 Å². The Labute approximate surface area is 324 Å². The molecule has 0 saturated carbocycles. The van der Waals surface area contributed by atoms with Crippen molar-refractivity contribution in [2.75, 3.05) is 11.4 Å². The number of hydrogen-bond acceptors (Lipinski definition) is 3. The Kier molecular flexibility index (Phi) is 9.11. The number of aromatic nitrogens is 3. The van der Waals surface area contributed by atoms with Crippen molar-refractivity contribution in [2.24, 2.45) is 0 Å². The summed E-state index contributed by atoms with van der Waals surface area (Å²) < 4.78 is 12.6. The number of imidazole rings is 1. The summed E-state index contributed by atoms with van der Waals surface area (Å²) in [5, 5.41) is 0. The molecule has 5 nitrogen and oxygen atoms in total. The first-order valence-electron chi connectivity index (χ1n) is 18.5. The molecule has 5 aromatic carbocycles. The fourth-order valence-corrected chi connectivity index (χ4v) is 8.54. The van der Waals surface area contributed by atoms with Gasteiger partial charge < -0.3 is 0 Å². The summed E-state index contributed by atoms with van der Waals surface area (Å²) >= 11 is 2.46. The molecule has 3 heterocycles. The maximum atomic E-state index is 6.85. The van der Waals surface area contributed by atoms with E-state index < -0.39 is 0 Å². The number of rotatable bonds is 6. The first-order valence-corrected chi connectivity index (χ1v) is 19.6. The van der Waals surface area contributed by atoms with Gasteiger partial charge in [-0.1, -0.05) is 26.8 Å². The van der Waals surface area contributed by atoms with E-state index in [0.717, 1.165) is 68.6 Å². The van der Waals surface area contributed by atoms with Crippen molar-refractivity contribution in [1.29, 1.82) is 0 Å². The van der Waals surface area contributed by atoms with Gasteiger partial charge in [0.25, 0.3) is 0 Å². The molecular formula is C47H46N4OPt. The van der Waals surface area contributed by atoms with Gasteiger partial charge in [-0.15, -0.1) is 0 Å². The first kappa shape index (κ1) is 35.1. The van der Waals surface area contributed by atoms with Gasteiger partial charge in [0, 0.05) is 6.20 Å². The number of nitrogens with zero attached hydrogens (tertiary/aromatic N) is 4. The molecule has 0 bridgehead atoms. The molecule has 2 aromatic heterocycles. The molecule has 0 unspecified atom stereocenters. The molecule has 0 radical (unpaired) electrons. The van der Waals surface area contributed by atoms with Crippen LogP contribution < -0.4 is 9.64 Å². The standard InChI is InChI=1S/C47H46N4O.Pt/c1-46(2,3)34-21-23-36(24-22-34)50-32-51(43-20-11-10-19-42(43)50)37-16-12-17-38(29-37)52-39-30-41(33-14-8-7-9-15-33)40-18-13-27-49(44(40)31-39)45-28-35(25-26-48-45)47(4,5)6;/h7-12,14-17,19-26,28-31H,13,18,27H2,1-6H3;. The quantitative estimate of drug-likeness (QED) is 0.167. The van der Waals surface area contributed by atoms with Crippen molar-refractivity contribution in [3.8, 4) is 34.0 Å². The van der Waals surface area contributed by atoms with Gasteiger partial charge in [-0.25, -0.2) is 0 Å². The summed E-state index contributed by atoms with van der Waals surface area (Å²) in [5.74, 6) is 2.57. The summed E-state index contributed by atoms with van der Waals surface area (Å²) in [6.45, 7) is 14.4. The Bertz CT molecular complexity index is 2500. The molecule has 0 fully saturated rings. The van der Waals surface area contributed by atoms with E-state index in [1.807, 2.05) is 6.20 Å². The van der Waals surface area contributed by atoms with E-state index in [-0.39, 0.29) is 10.8 Å². The molecule has 1 aliphatic rings. The molecule has 0 N–H and O–H groups in total. The summed E-state index contributed by atoms with van der Waals surface area (Å²) in [6, 6.07) is 45.5. The van der Waals surface area contributed by atoms with E-state index in [2.05, 4.69) is 202 Å². The second kappa shape index (κ2) is 13.8. The average Bonchev–Trinajstić information content (AvgIpc) is 3.45. The summed E-state index contributed by atoms with van der Waals surface area (Å²) in [5.41, 5.74) is 12.1. The fraction of sp³-hybridized carbons (Fsp3) is 0.234. The SMILES string of the molecule is CC(C)(C)c1ccc(-n2[c](=[Pt])n(-c3cccc(Oc4cc(-c5ccccc5)c5c(c4)N(c4cc(C(C)(C)C)ccn4)CCC5)c3)c3ccccc32)cc1. The van der Waals surface area contributed by atoms with Crippen LogP contribution in [0.25, 0.3) is 33.5 Å². The van der Waals surface area contributed by atoms with Crippen molar-refractivity contribution in [2.45, 2.75) is 65.2 Å². The zero-order chi connectivity index (χ0) is 36.9. The van der Waals surface area contributed by atoms with E-state index in [1.54, 1.807) is 0 Å². The molecule has 270 valence electrons. The van der Waals surface area contributed by atoms with Crippen LogP contribution in [-0.2, 0) is 36.6 Å².